The predicted molar refractivity (Wildman–Crippen MR) is 81.7 cm³/mol. The number of thiophene rings is 1. The first-order valence-corrected chi connectivity index (χ1v) is 7.23. The van der Waals surface area contributed by atoms with Gasteiger partial charge in [0.15, 0.2) is 0 Å². The van der Waals surface area contributed by atoms with E-state index in [-0.39, 0.29) is 6.04 Å². The van der Waals surface area contributed by atoms with Crippen molar-refractivity contribution in [2.45, 2.75) is 13.0 Å². The van der Waals surface area contributed by atoms with E-state index in [4.69, 9.17) is 0 Å². The van der Waals surface area contributed by atoms with Gasteiger partial charge in [0.05, 0.1) is 11.7 Å². The normalized spacial score (nSPS) is 12.7. The number of rotatable bonds is 3. The second kappa shape index (κ2) is 5.11. The molecule has 2 heterocycles. The Labute approximate surface area is 117 Å². The van der Waals surface area contributed by atoms with Gasteiger partial charge >= 0.3 is 0 Å². The van der Waals surface area contributed by atoms with Gasteiger partial charge in [-0.1, -0.05) is 24.3 Å². The van der Waals surface area contributed by atoms with Crippen molar-refractivity contribution in [2.75, 3.05) is 7.05 Å². The van der Waals surface area contributed by atoms with Crippen molar-refractivity contribution >= 4 is 22.1 Å². The fourth-order valence-corrected chi connectivity index (χ4v) is 3.18. The molecule has 3 heteroatoms. The second-order valence-corrected chi connectivity index (χ2v) is 5.75. The number of hydrogen-bond donors (Lipinski definition) is 1. The third-order valence-electron chi connectivity index (χ3n) is 3.35. The molecule has 1 atom stereocenters. The van der Waals surface area contributed by atoms with Crippen LogP contribution in [0.25, 0.3) is 10.8 Å². The molecule has 0 aliphatic carbocycles. The smallest absolute Gasteiger partial charge is 0.0763 e. The molecular weight excluding hydrogens is 252 g/mol. The maximum atomic E-state index is 4.61. The molecule has 0 amide bonds. The average Bonchev–Trinajstić information content (AvgIpc) is 2.86. The molecule has 19 heavy (non-hydrogen) atoms. The van der Waals surface area contributed by atoms with Crippen molar-refractivity contribution in [3.8, 4) is 0 Å². The van der Waals surface area contributed by atoms with Crippen molar-refractivity contribution in [3.05, 3.63) is 64.1 Å². The minimum atomic E-state index is 0.149. The molecule has 0 aliphatic heterocycles. The summed E-state index contributed by atoms with van der Waals surface area (Å²) in [7, 11) is 1.99. The van der Waals surface area contributed by atoms with Crippen LogP contribution >= 0.6 is 11.3 Å². The molecule has 2 aromatic heterocycles. The SMILES string of the molecule is CNC(c1csc(C)c1)c1nccc2ccccc12. The van der Waals surface area contributed by atoms with Gasteiger partial charge in [0.2, 0.25) is 0 Å². The third kappa shape index (κ3) is 2.27. The number of nitrogens with one attached hydrogen (secondary N) is 1. The zero-order chi connectivity index (χ0) is 13.2. The topological polar surface area (TPSA) is 24.9 Å². The van der Waals surface area contributed by atoms with Crippen LogP contribution in [-0.4, -0.2) is 12.0 Å². The second-order valence-electron chi connectivity index (χ2n) is 4.63. The number of nitrogens with zero attached hydrogens (tertiary/aromatic N) is 1. The van der Waals surface area contributed by atoms with Crippen molar-refractivity contribution in [3.63, 3.8) is 0 Å². The summed E-state index contributed by atoms with van der Waals surface area (Å²) in [5.41, 5.74) is 2.38. The quantitative estimate of drug-likeness (QED) is 0.779. The summed E-state index contributed by atoms with van der Waals surface area (Å²) in [6, 6.07) is 12.8. The van der Waals surface area contributed by atoms with E-state index in [1.165, 1.54) is 21.2 Å². The van der Waals surface area contributed by atoms with Crippen LogP contribution in [-0.2, 0) is 0 Å². The highest BCUT2D eigenvalue weighted by Gasteiger charge is 2.17. The van der Waals surface area contributed by atoms with E-state index in [1.807, 2.05) is 13.2 Å². The molecule has 3 aromatic rings. The number of aryl methyl sites for hydroxylation is 1. The van der Waals surface area contributed by atoms with Crippen LogP contribution in [0.1, 0.15) is 22.2 Å². The summed E-state index contributed by atoms with van der Waals surface area (Å²) in [6.07, 6.45) is 1.89. The van der Waals surface area contributed by atoms with E-state index >= 15 is 0 Å². The predicted octanol–water partition coefficient (Wildman–Crippen LogP) is 3.91. The summed E-state index contributed by atoms with van der Waals surface area (Å²) in [5.74, 6) is 0. The van der Waals surface area contributed by atoms with Crippen LogP contribution in [0.2, 0.25) is 0 Å². The molecule has 0 fully saturated rings. The molecule has 0 saturated heterocycles. The summed E-state index contributed by atoms with van der Waals surface area (Å²) in [5, 5.41) is 8.04. The number of pyridine rings is 1. The third-order valence-corrected chi connectivity index (χ3v) is 4.23. The van der Waals surface area contributed by atoms with Gasteiger partial charge in [-0.15, -0.1) is 11.3 Å². The molecule has 3 rings (SSSR count). The average molecular weight is 268 g/mol. The van der Waals surface area contributed by atoms with Crippen LogP contribution in [0.3, 0.4) is 0 Å². The summed E-state index contributed by atoms with van der Waals surface area (Å²) in [4.78, 5) is 5.93. The van der Waals surface area contributed by atoms with Crippen LogP contribution < -0.4 is 5.32 Å². The van der Waals surface area contributed by atoms with E-state index in [1.54, 1.807) is 11.3 Å². The van der Waals surface area contributed by atoms with Crippen molar-refractivity contribution < 1.29 is 0 Å². The maximum absolute atomic E-state index is 4.61. The molecule has 0 aliphatic rings. The lowest BCUT2D eigenvalue weighted by atomic mass is 10.0. The van der Waals surface area contributed by atoms with E-state index in [0.29, 0.717) is 0 Å². The first-order chi connectivity index (χ1) is 9.29. The highest BCUT2D eigenvalue weighted by Crippen LogP contribution is 2.29. The Morgan fingerprint density at radius 1 is 1.21 bits per heavy atom. The number of aromatic nitrogens is 1. The van der Waals surface area contributed by atoms with Gasteiger partial charge in [0, 0.05) is 16.5 Å². The molecule has 1 unspecified atom stereocenters. The van der Waals surface area contributed by atoms with Crippen LogP contribution in [0.15, 0.2) is 48.0 Å². The minimum absolute atomic E-state index is 0.149. The van der Waals surface area contributed by atoms with Crippen LogP contribution in [0.4, 0.5) is 0 Å². The van der Waals surface area contributed by atoms with Gasteiger partial charge in [-0.3, -0.25) is 4.98 Å². The first kappa shape index (κ1) is 12.3. The fourth-order valence-electron chi connectivity index (χ4n) is 2.45. The summed E-state index contributed by atoms with van der Waals surface area (Å²) < 4.78 is 0. The summed E-state index contributed by atoms with van der Waals surface area (Å²) >= 11 is 1.78. The Morgan fingerprint density at radius 2 is 2.05 bits per heavy atom. The van der Waals surface area contributed by atoms with Crippen LogP contribution in [0.5, 0.6) is 0 Å². The molecule has 0 radical (unpaired) electrons. The Bertz CT molecular complexity index is 697. The van der Waals surface area contributed by atoms with E-state index < -0.39 is 0 Å². The number of benzene rings is 1. The highest BCUT2D eigenvalue weighted by molar-refractivity contribution is 7.10. The standard InChI is InChI=1S/C16H16N2S/c1-11-9-13(10-19-11)15(17-2)16-14-6-4-3-5-12(14)7-8-18-16/h3-10,15,17H,1-2H3. The maximum Gasteiger partial charge on any atom is 0.0763 e. The van der Waals surface area contributed by atoms with Gasteiger partial charge in [-0.2, -0.15) is 0 Å². The van der Waals surface area contributed by atoms with E-state index in [9.17, 15) is 0 Å². The van der Waals surface area contributed by atoms with E-state index in [0.717, 1.165) is 5.69 Å². The van der Waals surface area contributed by atoms with Crippen LogP contribution in [0, 0.1) is 6.92 Å². The fraction of sp³-hybridized carbons (Fsp3) is 0.188. The number of fused-ring (bicyclic) bond motifs is 1. The Morgan fingerprint density at radius 3 is 2.79 bits per heavy atom. The molecule has 1 N–H and O–H groups in total. The van der Waals surface area contributed by atoms with Crippen molar-refractivity contribution in [1.29, 1.82) is 0 Å². The summed E-state index contributed by atoms with van der Waals surface area (Å²) in [6.45, 7) is 2.14. The Balaban J connectivity index is 2.16. The zero-order valence-corrected chi connectivity index (χ0v) is 11.9. The van der Waals surface area contributed by atoms with Gasteiger partial charge in [-0.25, -0.2) is 0 Å². The minimum Gasteiger partial charge on any atom is -0.308 e. The van der Waals surface area contributed by atoms with Crippen molar-refractivity contribution in [2.24, 2.45) is 0 Å². The monoisotopic (exact) mass is 268 g/mol. The molecule has 0 saturated carbocycles. The lowest BCUT2D eigenvalue weighted by Crippen LogP contribution is -2.18. The van der Waals surface area contributed by atoms with Crippen molar-refractivity contribution in [1.82, 2.24) is 10.3 Å². The van der Waals surface area contributed by atoms with Gasteiger partial charge < -0.3 is 5.32 Å². The first-order valence-electron chi connectivity index (χ1n) is 6.35. The van der Waals surface area contributed by atoms with E-state index in [2.05, 4.69) is 59.0 Å². The molecule has 0 bridgehead atoms. The molecule has 96 valence electrons. The zero-order valence-electron chi connectivity index (χ0n) is 11.1. The van der Waals surface area contributed by atoms with Gasteiger partial charge in [0.25, 0.3) is 0 Å². The Hall–Kier alpha value is -1.71. The molecule has 0 spiro atoms. The molecule has 2 nitrogen and oxygen atoms in total. The Kier molecular flexibility index (Phi) is 3.32. The van der Waals surface area contributed by atoms with Gasteiger partial charge in [-0.05, 0) is 42.4 Å². The molecule has 1 aromatic carbocycles. The largest absolute Gasteiger partial charge is 0.308 e. The van der Waals surface area contributed by atoms with Gasteiger partial charge in [0.1, 0.15) is 0 Å². The lowest BCUT2D eigenvalue weighted by Gasteiger charge is -2.16. The lowest BCUT2D eigenvalue weighted by molar-refractivity contribution is 0.679. The number of hydrogen-bond acceptors (Lipinski definition) is 3. The molecular formula is C16H16N2S. The highest BCUT2D eigenvalue weighted by atomic mass is 32.1.